The molecular formula is C19H20N4O3. The van der Waals surface area contributed by atoms with Gasteiger partial charge in [0.15, 0.2) is 0 Å². The molecule has 1 atom stereocenters. The minimum atomic E-state index is -0.371. The van der Waals surface area contributed by atoms with Crippen molar-refractivity contribution in [3.63, 3.8) is 0 Å². The summed E-state index contributed by atoms with van der Waals surface area (Å²) >= 11 is 0. The Morgan fingerprint density at radius 3 is 2.81 bits per heavy atom. The highest BCUT2D eigenvalue weighted by atomic mass is 16.6. The SMILES string of the molecule is O=[N+]([O-])c1ccc(NCC(c2ccco2)N2CCCC2)c2ccncc12. The number of aromatic nitrogens is 1. The fourth-order valence-corrected chi connectivity index (χ4v) is 3.64. The number of anilines is 1. The van der Waals surface area contributed by atoms with Crippen LogP contribution in [0.1, 0.15) is 24.6 Å². The summed E-state index contributed by atoms with van der Waals surface area (Å²) in [5, 5.41) is 16.1. The normalized spacial score (nSPS) is 16.0. The van der Waals surface area contributed by atoms with Crippen LogP contribution in [-0.4, -0.2) is 34.4 Å². The van der Waals surface area contributed by atoms with E-state index in [1.165, 1.54) is 18.9 Å². The monoisotopic (exact) mass is 352 g/mol. The number of likely N-dealkylation sites (tertiary alicyclic amines) is 1. The molecule has 0 radical (unpaired) electrons. The highest BCUT2D eigenvalue weighted by Gasteiger charge is 2.25. The molecule has 1 aromatic carbocycles. The maximum Gasteiger partial charge on any atom is 0.278 e. The lowest BCUT2D eigenvalue weighted by atomic mass is 10.1. The van der Waals surface area contributed by atoms with Gasteiger partial charge < -0.3 is 9.73 Å². The lowest BCUT2D eigenvalue weighted by molar-refractivity contribution is -0.383. The molecule has 2 aromatic heterocycles. The Balaban J connectivity index is 1.62. The van der Waals surface area contributed by atoms with Crippen LogP contribution in [0, 0.1) is 10.1 Å². The van der Waals surface area contributed by atoms with Gasteiger partial charge in [0.25, 0.3) is 5.69 Å². The van der Waals surface area contributed by atoms with Gasteiger partial charge in [-0.05, 0) is 50.2 Å². The average molecular weight is 352 g/mol. The zero-order chi connectivity index (χ0) is 17.9. The third-order valence-electron chi connectivity index (χ3n) is 4.93. The number of fused-ring (bicyclic) bond motifs is 1. The van der Waals surface area contributed by atoms with Crippen LogP contribution in [-0.2, 0) is 0 Å². The molecule has 7 nitrogen and oxygen atoms in total. The molecule has 4 rings (SSSR count). The number of non-ortho nitro benzene ring substituents is 1. The van der Waals surface area contributed by atoms with Crippen LogP contribution in [0.25, 0.3) is 10.8 Å². The number of benzene rings is 1. The maximum atomic E-state index is 11.3. The minimum Gasteiger partial charge on any atom is -0.468 e. The van der Waals surface area contributed by atoms with Gasteiger partial charge in [-0.2, -0.15) is 0 Å². The third kappa shape index (κ3) is 3.13. The Labute approximate surface area is 150 Å². The summed E-state index contributed by atoms with van der Waals surface area (Å²) in [5.41, 5.74) is 0.935. The molecule has 0 aliphatic carbocycles. The molecule has 1 fully saturated rings. The van der Waals surface area contributed by atoms with Crippen molar-refractivity contribution in [2.24, 2.45) is 0 Å². The fraction of sp³-hybridized carbons (Fsp3) is 0.316. The summed E-state index contributed by atoms with van der Waals surface area (Å²) in [6, 6.07) is 9.16. The molecule has 0 saturated carbocycles. The van der Waals surface area contributed by atoms with Crippen LogP contribution in [0.5, 0.6) is 0 Å². The van der Waals surface area contributed by atoms with Crippen LogP contribution < -0.4 is 5.32 Å². The molecule has 1 aliphatic rings. The molecule has 3 heterocycles. The zero-order valence-electron chi connectivity index (χ0n) is 14.3. The number of pyridine rings is 1. The second-order valence-corrected chi connectivity index (χ2v) is 6.47. The summed E-state index contributed by atoms with van der Waals surface area (Å²) in [4.78, 5) is 17.3. The highest BCUT2D eigenvalue weighted by Crippen LogP contribution is 2.32. The molecule has 1 N–H and O–H groups in total. The molecule has 3 aromatic rings. The topological polar surface area (TPSA) is 84.4 Å². The number of furan rings is 1. The number of nitro benzene ring substituents is 1. The second kappa shape index (κ2) is 7.13. The Bertz CT molecular complexity index is 904. The first-order chi connectivity index (χ1) is 12.7. The average Bonchev–Trinajstić information content (AvgIpc) is 3.36. The zero-order valence-corrected chi connectivity index (χ0v) is 14.3. The number of nitrogens with one attached hydrogen (secondary N) is 1. The van der Waals surface area contributed by atoms with E-state index in [9.17, 15) is 10.1 Å². The van der Waals surface area contributed by atoms with Crippen molar-refractivity contribution in [2.75, 3.05) is 25.0 Å². The summed E-state index contributed by atoms with van der Waals surface area (Å²) in [6.07, 6.45) is 7.29. The van der Waals surface area contributed by atoms with Crippen molar-refractivity contribution in [2.45, 2.75) is 18.9 Å². The van der Waals surface area contributed by atoms with E-state index in [1.54, 1.807) is 24.7 Å². The standard InChI is InChI=1S/C19H20N4O3/c24-23(25)17-6-5-16(14-7-8-20-12-15(14)17)21-13-18(19-4-3-11-26-19)22-9-1-2-10-22/h3-8,11-12,18,21H,1-2,9-10,13H2. The maximum absolute atomic E-state index is 11.3. The molecule has 7 heteroatoms. The van der Waals surface area contributed by atoms with Gasteiger partial charge in [0, 0.05) is 36.1 Å². The molecule has 1 unspecified atom stereocenters. The summed E-state index contributed by atoms with van der Waals surface area (Å²) < 4.78 is 5.65. The van der Waals surface area contributed by atoms with E-state index < -0.39 is 0 Å². The molecule has 0 spiro atoms. The lowest BCUT2D eigenvalue weighted by Crippen LogP contribution is -2.30. The van der Waals surface area contributed by atoms with Gasteiger partial charge in [-0.3, -0.25) is 20.0 Å². The second-order valence-electron chi connectivity index (χ2n) is 6.47. The fourth-order valence-electron chi connectivity index (χ4n) is 3.64. The molecule has 1 aliphatic heterocycles. The largest absolute Gasteiger partial charge is 0.468 e. The number of nitrogens with zero attached hydrogens (tertiary/aromatic N) is 3. The van der Waals surface area contributed by atoms with Crippen molar-refractivity contribution in [3.05, 3.63) is 64.9 Å². The van der Waals surface area contributed by atoms with Crippen LogP contribution in [0.3, 0.4) is 0 Å². The van der Waals surface area contributed by atoms with Gasteiger partial charge >= 0.3 is 0 Å². The van der Waals surface area contributed by atoms with Gasteiger partial charge in [0.2, 0.25) is 0 Å². The van der Waals surface area contributed by atoms with E-state index >= 15 is 0 Å². The number of rotatable bonds is 6. The summed E-state index contributed by atoms with van der Waals surface area (Å²) in [6.45, 7) is 2.78. The Kier molecular flexibility index (Phi) is 4.53. The van der Waals surface area contributed by atoms with Crippen LogP contribution in [0.2, 0.25) is 0 Å². The van der Waals surface area contributed by atoms with E-state index in [0.717, 1.165) is 29.9 Å². The van der Waals surface area contributed by atoms with Gasteiger partial charge in [0.1, 0.15) is 5.76 Å². The predicted octanol–water partition coefficient (Wildman–Crippen LogP) is 3.99. The van der Waals surface area contributed by atoms with Crippen molar-refractivity contribution >= 4 is 22.1 Å². The van der Waals surface area contributed by atoms with Crippen molar-refractivity contribution in [1.82, 2.24) is 9.88 Å². The lowest BCUT2D eigenvalue weighted by Gasteiger charge is -2.26. The quantitative estimate of drug-likeness (QED) is 0.533. The third-order valence-corrected chi connectivity index (χ3v) is 4.93. The highest BCUT2D eigenvalue weighted by molar-refractivity contribution is 5.99. The van der Waals surface area contributed by atoms with Gasteiger partial charge in [0.05, 0.1) is 22.6 Å². The first-order valence-electron chi connectivity index (χ1n) is 8.76. The first kappa shape index (κ1) is 16.5. The predicted molar refractivity (Wildman–Crippen MR) is 99.1 cm³/mol. The number of hydrogen-bond acceptors (Lipinski definition) is 6. The molecule has 26 heavy (non-hydrogen) atoms. The van der Waals surface area contributed by atoms with Gasteiger partial charge in [-0.15, -0.1) is 0 Å². The molecule has 1 saturated heterocycles. The summed E-state index contributed by atoms with van der Waals surface area (Å²) in [7, 11) is 0. The minimum absolute atomic E-state index is 0.0702. The smallest absolute Gasteiger partial charge is 0.278 e. The van der Waals surface area contributed by atoms with Crippen molar-refractivity contribution in [1.29, 1.82) is 0 Å². The van der Waals surface area contributed by atoms with E-state index in [2.05, 4.69) is 15.2 Å². The van der Waals surface area contributed by atoms with Crippen molar-refractivity contribution in [3.8, 4) is 0 Å². The molecular weight excluding hydrogens is 332 g/mol. The van der Waals surface area contributed by atoms with Crippen LogP contribution in [0.15, 0.2) is 53.4 Å². The van der Waals surface area contributed by atoms with E-state index in [-0.39, 0.29) is 16.7 Å². The van der Waals surface area contributed by atoms with Crippen molar-refractivity contribution < 1.29 is 9.34 Å². The van der Waals surface area contributed by atoms with Gasteiger partial charge in [-0.1, -0.05) is 0 Å². The molecule has 0 bridgehead atoms. The Hall–Kier alpha value is -2.93. The van der Waals surface area contributed by atoms with E-state index in [1.807, 2.05) is 18.2 Å². The number of hydrogen-bond donors (Lipinski definition) is 1. The number of nitro groups is 1. The van der Waals surface area contributed by atoms with Gasteiger partial charge in [-0.25, -0.2) is 0 Å². The Morgan fingerprint density at radius 2 is 2.08 bits per heavy atom. The van der Waals surface area contributed by atoms with Crippen LogP contribution >= 0.6 is 0 Å². The summed E-state index contributed by atoms with van der Waals surface area (Å²) in [5.74, 6) is 0.937. The molecule has 0 amide bonds. The first-order valence-corrected chi connectivity index (χ1v) is 8.76. The van der Waals surface area contributed by atoms with E-state index in [0.29, 0.717) is 11.9 Å². The van der Waals surface area contributed by atoms with E-state index in [4.69, 9.17) is 4.42 Å². The molecule has 134 valence electrons. The Morgan fingerprint density at radius 1 is 1.23 bits per heavy atom. The van der Waals surface area contributed by atoms with Crippen LogP contribution in [0.4, 0.5) is 11.4 Å².